The standard InChI is InChI=1S/C29H37FN10O12P2S2/c30-19-22-16(50-28(19)39-7-14-2-1-3-32-24-18(14)25(39)34-10-33-24)9-48-54(45,56)52-23-21(42)15(8-47-53(44,55)51-22)49-29(23)40-12-35-20-26(40)36-11-38(27(20)43)4-5-46-13-37-17(41)6-31/h7,10-12,15-16,19,21-23,28-29,42H,1-6,8-9,13,31H2,(H,37,41)(H,44,55)(H,45,56)(H,32,33,34)/t15-,16-,19-,21-,22-,23-,28-,29-,53?,54?/m1/s1. The van der Waals surface area contributed by atoms with E-state index in [-0.39, 0.29) is 37.6 Å². The predicted octanol–water partition coefficient (Wildman–Crippen LogP) is 0.0107. The van der Waals surface area contributed by atoms with Gasteiger partial charge in [0.05, 0.1) is 44.6 Å². The summed E-state index contributed by atoms with van der Waals surface area (Å²) in [5.74, 6) is 0.200. The number of nitrogens with two attached hydrogens (primary N) is 1. The largest absolute Gasteiger partial charge is 0.387 e. The number of hydrogen-bond acceptors (Lipinski definition) is 18. The van der Waals surface area contributed by atoms with Gasteiger partial charge in [0.15, 0.2) is 29.8 Å². The highest BCUT2D eigenvalue weighted by molar-refractivity contribution is 8.44. The highest BCUT2D eigenvalue weighted by Gasteiger charge is 2.53. The Morgan fingerprint density at radius 1 is 1.11 bits per heavy atom. The molecule has 22 nitrogen and oxygen atoms in total. The Morgan fingerprint density at radius 2 is 1.91 bits per heavy atom. The van der Waals surface area contributed by atoms with Crippen molar-refractivity contribution < 1.29 is 56.1 Å². The molecule has 0 aliphatic carbocycles. The number of carbonyl (C=O) groups is 1. The van der Waals surface area contributed by atoms with Gasteiger partial charge >= 0.3 is 13.5 Å². The summed E-state index contributed by atoms with van der Waals surface area (Å²) in [6.07, 6.45) is -4.95. The summed E-state index contributed by atoms with van der Waals surface area (Å²) in [6, 6.07) is 0. The average Bonchev–Trinajstić information content (AvgIpc) is 3.88. The molecule has 6 N–H and O–H groups in total. The van der Waals surface area contributed by atoms with Crippen LogP contribution in [0.4, 0.5) is 10.2 Å². The van der Waals surface area contributed by atoms with Crippen molar-refractivity contribution >= 4 is 71.5 Å². The van der Waals surface area contributed by atoms with E-state index in [2.05, 4.69) is 42.8 Å². The van der Waals surface area contributed by atoms with Crippen molar-refractivity contribution in [3.05, 3.63) is 41.1 Å². The minimum Gasteiger partial charge on any atom is -0.387 e. The second-order valence-corrected chi connectivity index (χ2v) is 18.8. The summed E-state index contributed by atoms with van der Waals surface area (Å²) < 4.78 is 74.6. The van der Waals surface area contributed by atoms with Crippen LogP contribution in [0.5, 0.6) is 0 Å². The van der Waals surface area contributed by atoms with Crippen LogP contribution < -0.4 is 21.9 Å². The number of rotatable bonds is 8. The zero-order valence-electron chi connectivity index (χ0n) is 29.1. The summed E-state index contributed by atoms with van der Waals surface area (Å²) in [5.41, 5.74) is 5.91. The molecule has 56 heavy (non-hydrogen) atoms. The zero-order valence-corrected chi connectivity index (χ0v) is 32.6. The van der Waals surface area contributed by atoms with E-state index < -0.39 is 87.3 Å². The number of aliphatic hydroxyl groups excluding tert-OH is 1. The van der Waals surface area contributed by atoms with Gasteiger partial charge in [-0.3, -0.25) is 32.3 Å². The fourth-order valence-corrected chi connectivity index (χ4v) is 9.87. The number of carbonyl (C=O) groups excluding carboxylic acids is 1. The molecule has 2 bridgehead atoms. The van der Waals surface area contributed by atoms with Gasteiger partial charge in [0.2, 0.25) is 5.91 Å². The number of aryl methyl sites for hydroxylation is 1. The number of halogens is 1. The average molecular weight is 863 g/mol. The fraction of sp³-hybridized carbons (Fsp3) is 0.586. The minimum absolute atomic E-state index is 0.0171. The van der Waals surface area contributed by atoms with E-state index in [9.17, 15) is 24.2 Å². The first-order chi connectivity index (χ1) is 26.8. The molecule has 8 heterocycles. The van der Waals surface area contributed by atoms with E-state index in [1.165, 1.54) is 32.7 Å². The quantitative estimate of drug-likeness (QED) is 0.0589. The molecule has 4 aromatic heterocycles. The number of imidazole rings is 1. The number of aliphatic hydroxyl groups is 1. The third-order valence-corrected chi connectivity index (χ3v) is 12.8. The molecule has 4 aliphatic heterocycles. The first kappa shape index (κ1) is 39.8. The first-order valence-corrected chi connectivity index (χ1v) is 22.6. The summed E-state index contributed by atoms with van der Waals surface area (Å²) in [7, 11) is 0. The molecule has 27 heteroatoms. The molecule has 8 rings (SSSR count). The van der Waals surface area contributed by atoms with Gasteiger partial charge in [0.25, 0.3) is 5.56 Å². The SMILES string of the molecule is NCC(=O)NCOCCn1cnc2c(ncn2[C@@H]2O[C@@H]3COP(O)(=S)O[C@H]4[C@@H](F)[C@H](n5cc6c7c(ncnc75)NCCC6)O[C@@H]4COP(=O)(S)O[C@@H]2[C@@H]3O)c1=O. The number of fused-ring (bicyclic) bond motifs is 4. The number of nitrogens with one attached hydrogen (secondary N) is 2. The van der Waals surface area contributed by atoms with E-state index >= 15 is 4.39 Å². The maximum atomic E-state index is 16.5. The molecule has 4 aromatic rings. The summed E-state index contributed by atoms with van der Waals surface area (Å²) in [5, 5.41) is 17.8. The van der Waals surface area contributed by atoms with Gasteiger partial charge in [-0.15, -0.1) is 0 Å². The van der Waals surface area contributed by atoms with Crippen molar-refractivity contribution in [1.82, 2.24) is 39.0 Å². The maximum absolute atomic E-state index is 16.5. The molecule has 4 aliphatic rings. The van der Waals surface area contributed by atoms with Gasteiger partial charge in [-0.25, -0.2) is 28.9 Å². The monoisotopic (exact) mass is 862 g/mol. The van der Waals surface area contributed by atoms with Crippen molar-refractivity contribution in [2.45, 2.75) is 68.5 Å². The smallest absolute Gasteiger partial charge is 0.386 e. The number of thiol groups is 1. The number of alkyl halides is 1. The third kappa shape index (κ3) is 7.78. The lowest BCUT2D eigenvalue weighted by molar-refractivity contribution is -0.121. The predicted molar refractivity (Wildman–Crippen MR) is 198 cm³/mol. The van der Waals surface area contributed by atoms with Gasteiger partial charge in [-0.05, 0) is 30.2 Å². The Kier molecular flexibility index (Phi) is 11.4. The third-order valence-electron chi connectivity index (χ3n) is 9.63. The topological polar surface area (TPSA) is 273 Å². The Bertz CT molecular complexity index is 2290. The Balaban J connectivity index is 1.03. The molecule has 0 radical (unpaired) electrons. The second kappa shape index (κ2) is 16.0. The van der Waals surface area contributed by atoms with Crippen LogP contribution in [-0.4, -0.2) is 126 Å². The van der Waals surface area contributed by atoms with Crippen molar-refractivity contribution in [2.75, 3.05) is 45.0 Å². The van der Waals surface area contributed by atoms with Crippen LogP contribution in [0.2, 0.25) is 0 Å². The van der Waals surface area contributed by atoms with Gasteiger partial charge < -0.3 is 49.7 Å². The van der Waals surface area contributed by atoms with Crippen LogP contribution in [0.1, 0.15) is 24.4 Å². The van der Waals surface area contributed by atoms with E-state index in [0.29, 0.717) is 24.4 Å². The number of ether oxygens (including phenoxy) is 3. The molecule has 0 aromatic carbocycles. The highest BCUT2D eigenvalue weighted by Crippen LogP contribution is 2.58. The van der Waals surface area contributed by atoms with E-state index in [0.717, 1.165) is 17.4 Å². The normalized spacial score (nSPS) is 33.6. The van der Waals surface area contributed by atoms with Gasteiger partial charge in [0.1, 0.15) is 61.4 Å². The Morgan fingerprint density at radius 3 is 2.73 bits per heavy atom. The lowest BCUT2D eigenvalue weighted by Crippen LogP contribution is -2.35. The minimum atomic E-state index is -4.44. The molecule has 10 atom stereocenters. The van der Waals surface area contributed by atoms with Crippen molar-refractivity contribution in [1.29, 1.82) is 0 Å². The fourth-order valence-electron chi connectivity index (χ4n) is 6.97. The van der Waals surface area contributed by atoms with Crippen LogP contribution in [0.25, 0.3) is 22.2 Å². The van der Waals surface area contributed by atoms with Gasteiger partial charge in [-0.1, -0.05) is 12.2 Å². The number of aromatic nitrogens is 7. The molecule has 3 fully saturated rings. The van der Waals surface area contributed by atoms with Crippen LogP contribution in [0.3, 0.4) is 0 Å². The van der Waals surface area contributed by atoms with Crippen molar-refractivity contribution in [3.63, 3.8) is 0 Å². The second-order valence-electron chi connectivity index (χ2n) is 13.2. The van der Waals surface area contributed by atoms with Crippen LogP contribution in [0, 0.1) is 0 Å². The summed E-state index contributed by atoms with van der Waals surface area (Å²) >= 11 is 9.43. The molecule has 1 amide bonds. The van der Waals surface area contributed by atoms with Crippen LogP contribution in [-0.2, 0) is 66.4 Å². The Hall–Kier alpha value is -3.00. The molecule has 2 unspecified atom stereocenters. The molecule has 3 saturated heterocycles. The van der Waals surface area contributed by atoms with Crippen molar-refractivity contribution in [3.8, 4) is 0 Å². The van der Waals surface area contributed by atoms with Gasteiger partial charge in [-0.2, -0.15) is 0 Å². The van der Waals surface area contributed by atoms with Crippen LogP contribution in [0.15, 0.2) is 30.0 Å². The summed E-state index contributed by atoms with van der Waals surface area (Å²) in [4.78, 5) is 53.0. The number of amides is 1. The highest BCUT2D eigenvalue weighted by atomic mass is 32.7. The number of hydrogen-bond donors (Lipinski definition) is 6. The van der Waals surface area contributed by atoms with E-state index in [4.69, 9.17) is 49.8 Å². The van der Waals surface area contributed by atoms with Gasteiger partial charge in [0, 0.05) is 12.7 Å². The molecule has 304 valence electrons. The van der Waals surface area contributed by atoms with Crippen LogP contribution >= 0.6 is 25.8 Å². The maximum Gasteiger partial charge on any atom is 0.386 e. The molecule has 0 spiro atoms. The lowest BCUT2D eigenvalue weighted by Gasteiger charge is -2.27. The first-order valence-electron chi connectivity index (χ1n) is 17.3. The summed E-state index contributed by atoms with van der Waals surface area (Å²) in [6.45, 7) is -9.43. The molecular formula is C29H37FN10O12P2S2. The zero-order chi connectivity index (χ0) is 39.4. The lowest BCUT2D eigenvalue weighted by atomic mass is 10.1. The van der Waals surface area contributed by atoms with E-state index in [1.54, 1.807) is 6.20 Å². The molecular weight excluding hydrogens is 825 g/mol. The Labute approximate surface area is 326 Å². The number of anilines is 1. The van der Waals surface area contributed by atoms with E-state index in [1.807, 2.05) is 0 Å². The number of nitrogens with zero attached hydrogens (tertiary/aromatic N) is 7. The van der Waals surface area contributed by atoms with Crippen molar-refractivity contribution in [2.24, 2.45) is 5.73 Å². The molecule has 0 saturated carbocycles.